The molecule has 0 radical (unpaired) electrons. The van der Waals surface area contributed by atoms with Crippen LogP contribution < -0.4 is 5.32 Å². The first kappa shape index (κ1) is 14.2. The fourth-order valence-corrected chi connectivity index (χ4v) is 3.62. The molecule has 0 aromatic heterocycles. The fraction of sp³-hybridized carbons (Fsp3) is 0.600. The van der Waals surface area contributed by atoms with Gasteiger partial charge in [0, 0.05) is 10.9 Å². The molecule has 0 unspecified atom stereocenters. The summed E-state index contributed by atoms with van der Waals surface area (Å²) in [6.07, 6.45) is 8.21. The summed E-state index contributed by atoms with van der Waals surface area (Å²) in [5.74, 6) is 1.14. The molecule has 1 saturated carbocycles. The first-order valence-corrected chi connectivity index (χ1v) is 8.33. The Bertz CT molecular complexity index is 350. The minimum atomic E-state index is 0.782. The van der Waals surface area contributed by atoms with Crippen LogP contribution in [0, 0.1) is 0 Å². The van der Waals surface area contributed by atoms with Gasteiger partial charge in [0.2, 0.25) is 0 Å². The Morgan fingerprint density at radius 1 is 1.17 bits per heavy atom. The van der Waals surface area contributed by atoms with Gasteiger partial charge in [-0.15, -0.1) is 11.8 Å². The van der Waals surface area contributed by atoms with Gasteiger partial charge in [-0.2, -0.15) is 0 Å². The summed E-state index contributed by atoms with van der Waals surface area (Å²) in [4.78, 5) is 1.21. The number of hydrogen-bond donors (Lipinski definition) is 1. The lowest BCUT2D eigenvalue weighted by molar-refractivity contribution is 0.375. The van der Waals surface area contributed by atoms with E-state index in [4.69, 9.17) is 11.6 Å². The lowest BCUT2D eigenvalue weighted by Gasteiger charge is -2.22. The van der Waals surface area contributed by atoms with Crippen LogP contribution in [-0.2, 0) is 0 Å². The van der Waals surface area contributed by atoms with Crippen molar-refractivity contribution >= 4 is 23.4 Å². The maximum absolute atomic E-state index is 6.12. The van der Waals surface area contributed by atoms with Crippen molar-refractivity contribution in [2.75, 3.05) is 12.3 Å². The molecule has 0 heterocycles. The Labute approximate surface area is 120 Å². The van der Waals surface area contributed by atoms with Crippen LogP contribution in [0.15, 0.2) is 29.2 Å². The Hall–Kier alpha value is -0.180. The first-order chi connectivity index (χ1) is 8.86. The molecule has 0 amide bonds. The van der Waals surface area contributed by atoms with E-state index < -0.39 is 0 Å². The second kappa shape index (κ2) is 8.08. The Morgan fingerprint density at radius 2 is 1.94 bits per heavy atom. The van der Waals surface area contributed by atoms with Crippen LogP contribution in [0.4, 0.5) is 0 Å². The van der Waals surface area contributed by atoms with Crippen LogP contribution in [0.1, 0.15) is 38.5 Å². The van der Waals surface area contributed by atoms with Crippen molar-refractivity contribution in [2.24, 2.45) is 0 Å². The van der Waals surface area contributed by atoms with E-state index in [-0.39, 0.29) is 0 Å². The maximum Gasteiger partial charge on any atom is 0.0541 e. The van der Waals surface area contributed by atoms with Crippen LogP contribution in [0.3, 0.4) is 0 Å². The number of halogens is 1. The molecular formula is C15H22ClNS. The van der Waals surface area contributed by atoms with Gasteiger partial charge >= 0.3 is 0 Å². The summed E-state index contributed by atoms with van der Waals surface area (Å²) < 4.78 is 0. The summed E-state index contributed by atoms with van der Waals surface area (Å²) in [6, 6.07) is 8.88. The van der Waals surface area contributed by atoms with E-state index in [2.05, 4.69) is 17.4 Å². The van der Waals surface area contributed by atoms with E-state index >= 15 is 0 Å². The highest BCUT2D eigenvalue weighted by Gasteiger charge is 2.11. The van der Waals surface area contributed by atoms with Crippen LogP contribution in [0.25, 0.3) is 0 Å². The first-order valence-electron chi connectivity index (χ1n) is 6.97. The zero-order chi connectivity index (χ0) is 12.6. The van der Waals surface area contributed by atoms with Gasteiger partial charge in [0.1, 0.15) is 0 Å². The lowest BCUT2D eigenvalue weighted by atomic mass is 9.95. The third-order valence-electron chi connectivity index (χ3n) is 3.45. The highest BCUT2D eigenvalue weighted by atomic mass is 35.5. The molecule has 0 bridgehead atoms. The molecule has 1 nitrogen and oxygen atoms in total. The summed E-state index contributed by atoms with van der Waals surface area (Å²) >= 11 is 7.98. The maximum atomic E-state index is 6.12. The SMILES string of the molecule is Clc1ccccc1SCCCNC1CCCCC1. The number of nitrogens with one attached hydrogen (secondary N) is 1. The molecule has 0 saturated heterocycles. The standard InChI is InChI=1S/C15H22ClNS/c16-14-9-4-5-10-15(14)18-12-6-11-17-13-7-2-1-3-8-13/h4-5,9-10,13,17H,1-3,6-8,11-12H2. The number of thioether (sulfide) groups is 1. The third-order valence-corrected chi connectivity index (χ3v) is 5.05. The normalized spacial score (nSPS) is 16.9. The highest BCUT2D eigenvalue weighted by molar-refractivity contribution is 7.99. The molecule has 0 atom stereocenters. The van der Waals surface area contributed by atoms with Crippen LogP contribution in [0.2, 0.25) is 5.02 Å². The van der Waals surface area contributed by atoms with Gasteiger partial charge in [-0.1, -0.05) is 43.0 Å². The van der Waals surface area contributed by atoms with Crippen molar-refractivity contribution in [2.45, 2.75) is 49.5 Å². The molecule has 0 aliphatic heterocycles. The summed E-state index contributed by atoms with van der Waals surface area (Å²) in [7, 11) is 0. The van der Waals surface area contributed by atoms with E-state index in [0.29, 0.717) is 0 Å². The molecule has 1 aliphatic carbocycles. The topological polar surface area (TPSA) is 12.0 Å². The summed E-state index contributed by atoms with van der Waals surface area (Å²) in [6.45, 7) is 1.14. The van der Waals surface area contributed by atoms with Gasteiger partial charge in [-0.25, -0.2) is 0 Å². The Morgan fingerprint density at radius 3 is 2.72 bits per heavy atom. The largest absolute Gasteiger partial charge is 0.314 e. The van der Waals surface area contributed by atoms with Crippen LogP contribution in [-0.4, -0.2) is 18.3 Å². The number of benzene rings is 1. The molecule has 18 heavy (non-hydrogen) atoms. The van der Waals surface area contributed by atoms with Crippen molar-refractivity contribution in [3.05, 3.63) is 29.3 Å². The lowest BCUT2D eigenvalue weighted by Crippen LogP contribution is -2.31. The minimum absolute atomic E-state index is 0.782. The molecule has 1 N–H and O–H groups in total. The van der Waals surface area contributed by atoms with E-state index in [0.717, 1.165) is 23.4 Å². The zero-order valence-electron chi connectivity index (χ0n) is 10.8. The molecule has 3 heteroatoms. The van der Waals surface area contributed by atoms with Crippen molar-refractivity contribution in [3.8, 4) is 0 Å². The molecule has 1 aliphatic rings. The second-order valence-electron chi connectivity index (χ2n) is 4.92. The molecule has 100 valence electrons. The van der Waals surface area contributed by atoms with E-state index in [1.54, 1.807) is 0 Å². The average Bonchev–Trinajstić information content (AvgIpc) is 2.42. The van der Waals surface area contributed by atoms with Gasteiger partial charge in [-0.3, -0.25) is 0 Å². The van der Waals surface area contributed by atoms with Gasteiger partial charge in [-0.05, 0) is 43.7 Å². The van der Waals surface area contributed by atoms with Gasteiger partial charge in [0.25, 0.3) is 0 Å². The molecule has 1 aromatic rings. The fourth-order valence-electron chi connectivity index (χ4n) is 2.43. The van der Waals surface area contributed by atoms with Gasteiger partial charge in [0.05, 0.1) is 5.02 Å². The monoisotopic (exact) mass is 283 g/mol. The van der Waals surface area contributed by atoms with Gasteiger partial charge in [0.15, 0.2) is 0 Å². The van der Waals surface area contributed by atoms with E-state index in [1.807, 2.05) is 23.9 Å². The zero-order valence-corrected chi connectivity index (χ0v) is 12.4. The van der Waals surface area contributed by atoms with Crippen molar-refractivity contribution in [1.82, 2.24) is 5.32 Å². The number of rotatable bonds is 6. The minimum Gasteiger partial charge on any atom is -0.314 e. The average molecular weight is 284 g/mol. The summed E-state index contributed by atoms with van der Waals surface area (Å²) in [5.41, 5.74) is 0. The molecule has 1 aromatic carbocycles. The smallest absolute Gasteiger partial charge is 0.0541 e. The Kier molecular flexibility index (Phi) is 6.39. The van der Waals surface area contributed by atoms with Crippen molar-refractivity contribution < 1.29 is 0 Å². The molecular weight excluding hydrogens is 262 g/mol. The van der Waals surface area contributed by atoms with E-state index in [9.17, 15) is 0 Å². The van der Waals surface area contributed by atoms with Crippen molar-refractivity contribution in [3.63, 3.8) is 0 Å². The van der Waals surface area contributed by atoms with Gasteiger partial charge < -0.3 is 5.32 Å². The molecule has 1 fully saturated rings. The predicted octanol–water partition coefficient (Wildman–Crippen LogP) is 4.74. The van der Waals surface area contributed by atoms with Crippen LogP contribution >= 0.6 is 23.4 Å². The second-order valence-corrected chi connectivity index (χ2v) is 6.47. The van der Waals surface area contributed by atoms with Crippen molar-refractivity contribution in [1.29, 1.82) is 0 Å². The predicted molar refractivity (Wildman–Crippen MR) is 81.7 cm³/mol. The summed E-state index contributed by atoms with van der Waals surface area (Å²) in [5, 5.41) is 4.55. The quantitative estimate of drug-likeness (QED) is 0.597. The highest BCUT2D eigenvalue weighted by Crippen LogP contribution is 2.26. The number of hydrogen-bond acceptors (Lipinski definition) is 2. The molecule has 2 rings (SSSR count). The molecule has 0 spiro atoms. The third kappa shape index (κ3) is 4.83. The Balaban J connectivity index is 1.57. The van der Waals surface area contributed by atoms with Crippen LogP contribution in [0.5, 0.6) is 0 Å². The van der Waals surface area contributed by atoms with E-state index in [1.165, 1.54) is 43.4 Å².